The Balaban J connectivity index is 1.23. The molecule has 0 saturated heterocycles. The second-order valence-electron chi connectivity index (χ2n) is 13.2. The summed E-state index contributed by atoms with van der Waals surface area (Å²) < 4.78 is 5.31. The molecule has 0 N–H and O–H groups in total. The van der Waals surface area contributed by atoms with E-state index < -0.39 is 0 Å². The lowest BCUT2D eigenvalue weighted by atomic mass is 9.89. The lowest BCUT2D eigenvalue weighted by molar-refractivity contribution is 1.61. The fraction of sp³-hybridized carbons (Fsp3) is 0. The lowest BCUT2D eigenvalue weighted by Gasteiger charge is -2.15. The van der Waals surface area contributed by atoms with E-state index in [0.29, 0.717) is 0 Å². The molecule has 0 radical (unpaired) electrons. The third-order valence-corrected chi connectivity index (χ3v) is 12.7. The van der Waals surface area contributed by atoms with Crippen molar-refractivity contribution in [2.75, 3.05) is 0 Å². The first kappa shape index (κ1) is 28.1. The zero-order valence-electron chi connectivity index (χ0n) is 27.0. The van der Waals surface area contributed by atoms with Gasteiger partial charge < -0.3 is 0 Å². The van der Waals surface area contributed by atoms with Crippen LogP contribution in [0.25, 0.3) is 106 Å². The molecule has 11 aromatic rings. The van der Waals surface area contributed by atoms with Gasteiger partial charge in [0.05, 0.1) is 0 Å². The quantitative estimate of drug-likeness (QED) is 0.164. The normalized spacial score (nSPS) is 12.0. The molecular formula is C48H28S2. The van der Waals surface area contributed by atoms with Crippen molar-refractivity contribution in [1.29, 1.82) is 0 Å². The number of hydrogen-bond acceptors (Lipinski definition) is 2. The van der Waals surface area contributed by atoms with Gasteiger partial charge in [-0.1, -0.05) is 121 Å². The van der Waals surface area contributed by atoms with Crippen LogP contribution in [0, 0.1) is 0 Å². The standard InChI is InChI=1S/C48H28S2/c1-2-10-36-29(9-1)19-22-31-23-20-30-21-24-32(28-41(30)46(31)36)33-25-34(37-13-7-17-44-47(37)39-11-3-5-15-42(39)49-44)27-35(26-33)38-14-8-18-45-48(38)40-12-4-6-16-43(40)50-45/h1-28H. The molecule has 0 atom stereocenters. The van der Waals surface area contributed by atoms with Gasteiger partial charge in [-0.15, -0.1) is 22.7 Å². The number of benzene rings is 9. The van der Waals surface area contributed by atoms with Gasteiger partial charge in [0.25, 0.3) is 0 Å². The number of thiophene rings is 2. The number of rotatable bonds is 3. The van der Waals surface area contributed by atoms with Crippen LogP contribution in [0.15, 0.2) is 170 Å². The van der Waals surface area contributed by atoms with Gasteiger partial charge in [0, 0.05) is 40.3 Å². The minimum Gasteiger partial charge on any atom is -0.135 e. The van der Waals surface area contributed by atoms with E-state index in [4.69, 9.17) is 0 Å². The average molecular weight is 669 g/mol. The second kappa shape index (κ2) is 10.9. The molecule has 232 valence electrons. The Kier molecular flexibility index (Phi) is 6.09. The molecule has 0 fully saturated rings. The molecule has 0 saturated carbocycles. The van der Waals surface area contributed by atoms with Gasteiger partial charge in [-0.05, 0) is 114 Å². The Morgan fingerprint density at radius 1 is 0.260 bits per heavy atom. The van der Waals surface area contributed by atoms with Crippen LogP contribution in [0.1, 0.15) is 0 Å². The van der Waals surface area contributed by atoms with Crippen LogP contribution in [-0.4, -0.2) is 0 Å². The molecule has 0 nitrogen and oxygen atoms in total. The minimum atomic E-state index is 1.23. The summed E-state index contributed by atoms with van der Waals surface area (Å²) in [5.74, 6) is 0. The summed E-state index contributed by atoms with van der Waals surface area (Å²) in [6, 6.07) is 63.4. The highest BCUT2D eigenvalue weighted by atomic mass is 32.1. The largest absolute Gasteiger partial charge is 0.135 e. The summed E-state index contributed by atoms with van der Waals surface area (Å²) >= 11 is 3.76. The molecule has 0 spiro atoms. The topological polar surface area (TPSA) is 0 Å². The smallest absolute Gasteiger partial charge is 0.0361 e. The Morgan fingerprint density at radius 3 is 1.38 bits per heavy atom. The minimum absolute atomic E-state index is 1.23. The Bertz CT molecular complexity index is 3020. The first-order valence-electron chi connectivity index (χ1n) is 17.1. The molecule has 2 heterocycles. The van der Waals surface area contributed by atoms with E-state index >= 15 is 0 Å². The van der Waals surface area contributed by atoms with E-state index in [0.717, 1.165) is 0 Å². The molecule has 0 aliphatic carbocycles. The lowest BCUT2D eigenvalue weighted by Crippen LogP contribution is -1.88. The molecule has 0 aliphatic heterocycles. The molecule has 50 heavy (non-hydrogen) atoms. The fourth-order valence-corrected chi connectivity index (χ4v) is 10.4. The zero-order valence-corrected chi connectivity index (χ0v) is 28.6. The van der Waals surface area contributed by atoms with Gasteiger partial charge >= 0.3 is 0 Å². The van der Waals surface area contributed by atoms with Gasteiger partial charge in [0.1, 0.15) is 0 Å². The summed E-state index contributed by atoms with van der Waals surface area (Å²) in [6.45, 7) is 0. The van der Waals surface area contributed by atoms with Gasteiger partial charge in [-0.3, -0.25) is 0 Å². The molecule has 0 unspecified atom stereocenters. The van der Waals surface area contributed by atoms with Crippen molar-refractivity contribution >= 4 is 95.3 Å². The molecule has 2 aromatic heterocycles. The summed E-state index contributed by atoms with van der Waals surface area (Å²) in [7, 11) is 0. The van der Waals surface area contributed by atoms with Crippen molar-refractivity contribution in [1.82, 2.24) is 0 Å². The van der Waals surface area contributed by atoms with Gasteiger partial charge in [0.2, 0.25) is 0 Å². The average Bonchev–Trinajstić information content (AvgIpc) is 3.76. The molecular weight excluding hydrogens is 641 g/mol. The number of hydrogen-bond donors (Lipinski definition) is 0. The van der Waals surface area contributed by atoms with Gasteiger partial charge in [-0.2, -0.15) is 0 Å². The molecule has 0 aliphatic rings. The van der Waals surface area contributed by atoms with Crippen LogP contribution in [0.3, 0.4) is 0 Å². The third kappa shape index (κ3) is 4.23. The van der Waals surface area contributed by atoms with Crippen molar-refractivity contribution < 1.29 is 0 Å². The monoisotopic (exact) mass is 668 g/mol. The maximum atomic E-state index is 2.43. The highest BCUT2D eigenvalue weighted by molar-refractivity contribution is 7.26. The van der Waals surface area contributed by atoms with E-state index in [1.54, 1.807) is 0 Å². The van der Waals surface area contributed by atoms with Crippen LogP contribution >= 0.6 is 22.7 Å². The summed E-state index contributed by atoms with van der Waals surface area (Å²) in [4.78, 5) is 0. The SMILES string of the molecule is c1ccc2c(c1)ccc1ccc3ccc(-c4cc(-c5cccc6sc7ccccc7c56)cc(-c5cccc6sc7ccccc7c56)c4)cc3c12. The van der Waals surface area contributed by atoms with Crippen LogP contribution in [0.5, 0.6) is 0 Å². The predicted molar refractivity (Wildman–Crippen MR) is 221 cm³/mol. The molecule has 0 amide bonds. The van der Waals surface area contributed by atoms with E-state index in [9.17, 15) is 0 Å². The summed E-state index contributed by atoms with van der Waals surface area (Å²) in [5.41, 5.74) is 7.50. The summed E-state index contributed by atoms with van der Waals surface area (Å²) in [5, 5.41) is 13.0. The van der Waals surface area contributed by atoms with Crippen molar-refractivity contribution in [3.8, 4) is 33.4 Å². The molecule has 11 rings (SSSR count). The van der Waals surface area contributed by atoms with E-state index in [-0.39, 0.29) is 0 Å². The van der Waals surface area contributed by atoms with Crippen LogP contribution in [0.4, 0.5) is 0 Å². The highest BCUT2D eigenvalue weighted by Crippen LogP contribution is 2.45. The second-order valence-corrected chi connectivity index (χ2v) is 15.4. The van der Waals surface area contributed by atoms with Crippen molar-refractivity contribution in [2.45, 2.75) is 0 Å². The Labute approximate surface area is 297 Å². The number of fused-ring (bicyclic) bond motifs is 11. The molecule has 2 heteroatoms. The first-order chi connectivity index (χ1) is 24.8. The first-order valence-corrected chi connectivity index (χ1v) is 18.7. The summed E-state index contributed by atoms with van der Waals surface area (Å²) in [6.07, 6.45) is 0. The predicted octanol–water partition coefficient (Wildman–Crippen LogP) is 14.9. The molecule has 9 aromatic carbocycles. The van der Waals surface area contributed by atoms with Crippen molar-refractivity contribution in [2.24, 2.45) is 0 Å². The fourth-order valence-electron chi connectivity index (χ4n) is 8.14. The van der Waals surface area contributed by atoms with E-state index in [1.165, 1.54) is 106 Å². The van der Waals surface area contributed by atoms with Crippen molar-refractivity contribution in [3.05, 3.63) is 170 Å². The Morgan fingerprint density at radius 2 is 0.740 bits per heavy atom. The zero-order chi connectivity index (χ0) is 32.8. The van der Waals surface area contributed by atoms with Crippen LogP contribution in [0.2, 0.25) is 0 Å². The third-order valence-electron chi connectivity index (χ3n) is 10.4. The van der Waals surface area contributed by atoms with Gasteiger partial charge in [0.15, 0.2) is 0 Å². The Hall–Kier alpha value is -5.80. The maximum absolute atomic E-state index is 2.43. The van der Waals surface area contributed by atoms with Gasteiger partial charge in [-0.25, -0.2) is 0 Å². The van der Waals surface area contributed by atoms with Crippen LogP contribution < -0.4 is 0 Å². The van der Waals surface area contributed by atoms with Crippen LogP contribution in [-0.2, 0) is 0 Å². The van der Waals surface area contributed by atoms with E-state index in [1.807, 2.05) is 22.7 Å². The molecule has 0 bridgehead atoms. The van der Waals surface area contributed by atoms with E-state index in [2.05, 4.69) is 170 Å². The maximum Gasteiger partial charge on any atom is 0.0361 e. The highest BCUT2D eigenvalue weighted by Gasteiger charge is 2.17. The van der Waals surface area contributed by atoms with Crippen molar-refractivity contribution in [3.63, 3.8) is 0 Å².